The van der Waals surface area contributed by atoms with E-state index in [9.17, 15) is 0 Å². The van der Waals surface area contributed by atoms with Crippen LogP contribution in [0.2, 0.25) is 5.02 Å². The number of hydrogen-bond donors (Lipinski definition) is 1. The summed E-state index contributed by atoms with van der Waals surface area (Å²) in [6.07, 6.45) is 1.30. The largest absolute Gasteiger partial charge is 0.486 e. The molecule has 0 aliphatic heterocycles. The number of aromatic nitrogens is 2. The molecule has 5 nitrogen and oxygen atoms in total. The monoisotopic (exact) mass is 421 g/mol. The minimum atomic E-state index is 0.0778. The molecule has 0 fully saturated rings. The molecule has 0 aliphatic carbocycles. The third-order valence-electron chi connectivity index (χ3n) is 3.67. The van der Waals surface area contributed by atoms with Crippen LogP contribution in [0.15, 0.2) is 45.3 Å². The molecule has 0 bridgehead atoms. The zero-order valence-corrected chi connectivity index (χ0v) is 16.0. The molecule has 0 unspecified atom stereocenters. The Morgan fingerprint density at radius 3 is 2.52 bits per heavy atom. The van der Waals surface area contributed by atoms with Crippen molar-refractivity contribution in [2.45, 2.75) is 26.4 Å². The van der Waals surface area contributed by atoms with E-state index in [4.69, 9.17) is 26.5 Å². The second-order valence-corrected chi connectivity index (χ2v) is 6.96. The fraction of sp³-hybridized carbons (Fsp3) is 0.222. The Balaban J connectivity index is 1.66. The van der Waals surface area contributed by atoms with Gasteiger partial charge in [0.1, 0.15) is 6.61 Å². The number of hydrogen-bond acceptors (Lipinski definition) is 5. The summed E-state index contributed by atoms with van der Waals surface area (Å²) in [6, 6.07) is 12.1. The highest BCUT2D eigenvalue weighted by atomic mass is 79.9. The summed E-state index contributed by atoms with van der Waals surface area (Å²) in [4.78, 5) is 0. The molecule has 3 aromatic rings. The van der Waals surface area contributed by atoms with Crippen molar-refractivity contribution >= 4 is 33.5 Å². The molecule has 25 heavy (non-hydrogen) atoms. The highest BCUT2D eigenvalue weighted by molar-refractivity contribution is 9.10. The molecule has 0 aliphatic rings. The molecule has 0 radical (unpaired) electrons. The molecule has 2 aromatic carbocycles. The smallest absolute Gasteiger partial charge is 0.312 e. The van der Waals surface area contributed by atoms with Crippen molar-refractivity contribution in [3.63, 3.8) is 0 Å². The zero-order chi connectivity index (χ0) is 17.8. The highest BCUT2D eigenvalue weighted by Gasteiger charge is 2.11. The Labute approximate surface area is 159 Å². The minimum Gasteiger partial charge on any atom is -0.486 e. The van der Waals surface area contributed by atoms with Crippen molar-refractivity contribution in [2.24, 2.45) is 0 Å². The number of ether oxygens (including phenoxy) is 1. The Hall–Kier alpha value is -2.05. The number of nitrogens with zero attached hydrogens (tertiary/aromatic N) is 2. The molecule has 0 saturated heterocycles. The number of rotatable bonds is 6. The van der Waals surface area contributed by atoms with Gasteiger partial charge in [-0.05, 0) is 52.5 Å². The van der Waals surface area contributed by atoms with Gasteiger partial charge in [-0.2, -0.15) is 0 Å². The lowest BCUT2D eigenvalue weighted by atomic mass is 10.1. The van der Waals surface area contributed by atoms with Crippen molar-refractivity contribution in [3.8, 4) is 5.75 Å². The van der Waals surface area contributed by atoms with Crippen LogP contribution in [-0.2, 0) is 19.4 Å². The van der Waals surface area contributed by atoms with E-state index in [2.05, 4.69) is 45.2 Å². The third-order valence-corrected chi connectivity index (χ3v) is 4.54. The first-order valence-electron chi connectivity index (χ1n) is 7.75. The van der Waals surface area contributed by atoms with E-state index in [1.807, 2.05) is 24.3 Å². The quantitative estimate of drug-likeness (QED) is 0.621. The van der Waals surface area contributed by atoms with Gasteiger partial charge in [-0.3, -0.25) is 0 Å². The van der Waals surface area contributed by atoms with E-state index in [0.717, 1.165) is 15.6 Å². The van der Waals surface area contributed by atoms with Gasteiger partial charge in [0.2, 0.25) is 5.89 Å². The Morgan fingerprint density at radius 1 is 1.12 bits per heavy atom. The fourth-order valence-electron chi connectivity index (χ4n) is 2.35. The first-order chi connectivity index (χ1) is 12.0. The van der Waals surface area contributed by atoms with Crippen LogP contribution in [0.1, 0.15) is 22.6 Å². The molecular formula is C18H17BrClN3O2. The van der Waals surface area contributed by atoms with Crippen LogP contribution < -0.4 is 10.5 Å². The predicted octanol–water partition coefficient (Wildman–Crippen LogP) is 4.74. The second-order valence-electron chi connectivity index (χ2n) is 5.70. The maximum atomic E-state index is 6.39. The summed E-state index contributed by atoms with van der Waals surface area (Å²) in [5, 5.41) is 8.05. The molecule has 0 spiro atoms. The van der Waals surface area contributed by atoms with Gasteiger partial charge in [0, 0.05) is 6.42 Å². The number of nitrogen functional groups attached to an aromatic ring is 1. The third kappa shape index (κ3) is 4.74. The predicted molar refractivity (Wildman–Crippen MR) is 101 cm³/mol. The van der Waals surface area contributed by atoms with Crippen LogP contribution >= 0.6 is 27.5 Å². The maximum Gasteiger partial charge on any atom is 0.312 e. The normalized spacial score (nSPS) is 10.8. The summed E-state index contributed by atoms with van der Waals surface area (Å²) in [5.74, 6) is 1.14. The highest BCUT2D eigenvalue weighted by Crippen LogP contribution is 2.35. The van der Waals surface area contributed by atoms with Crippen molar-refractivity contribution in [1.82, 2.24) is 10.2 Å². The molecule has 1 aromatic heterocycles. The summed E-state index contributed by atoms with van der Waals surface area (Å²) >= 11 is 9.92. The van der Waals surface area contributed by atoms with E-state index in [-0.39, 0.29) is 6.01 Å². The maximum absolute atomic E-state index is 6.39. The Bertz CT molecular complexity index is 842. The van der Waals surface area contributed by atoms with Gasteiger partial charge < -0.3 is 14.9 Å². The minimum absolute atomic E-state index is 0.0778. The summed E-state index contributed by atoms with van der Waals surface area (Å²) in [7, 11) is 0. The molecule has 130 valence electrons. The van der Waals surface area contributed by atoms with Crippen molar-refractivity contribution in [2.75, 3.05) is 5.73 Å². The number of halogens is 2. The Kier molecular flexibility index (Phi) is 5.60. The lowest BCUT2D eigenvalue weighted by Gasteiger charge is -2.12. The van der Waals surface area contributed by atoms with Gasteiger partial charge in [-0.15, -0.1) is 5.10 Å². The van der Waals surface area contributed by atoms with Crippen molar-refractivity contribution < 1.29 is 9.15 Å². The molecule has 3 rings (SSSR count). The summed E-state index contributed by atoms with van der Waals surface area (Å²) in [6.45, 7) is 2.51. The molecule has 0 saturated carbocycles. The van der Waals surface area contributed by atoms with E-state index in [1.54, 1.807) is 0 Å². The van der Waals surface area contributed by atoms with E-state index in [0.29, 0.717) is 36.1 Å². The molecule has 1 heterocycles. The van der Waals surface area contributed by atoms with Gasteiger partial charge in [-0.25, -0.2) is 0 Å². The molecular weight excluding hydrogens is 406 g/mol. The first kappa shape index (κ1) is 17.8. The van der Waals surface area contributed by atoms with Crippen LogP contribution in [0.4, 0.5) is 6.01 Å². The van der Waals surface area contributed by atoms with Crippen molar-refractivity contribution in [1.29, 1.82) is 0 Å². The van der Waals surface area contributed by atoms with Crippen LogP contribution in [0.3, 0.4) is 0 Å². The summed E-state index contributed by atoms with van der Waals surface area (Å²) in [5.41, 5.74) is 8.77. The van der Waals surface area contributed by atoms with E-state index in [1.165, 1.54) is 5.56 Å². The molecule has 0 atom stereocenters. The fourth-order valence-corrected chi connectivity index (χ4v) is 3.39. The lowest BCUT2D eigenvalue weighted by Crippen LogP contribution is -1.98. The number of anilines is 1. The molecule has 0 amide bonds. The van der Waals surface area contributed by atoms with Crippen LogP contribution in [0.25, 0.3) is 0 Å². The van der Waals surface area contributed by atoms with Gasteiger partial charge in [0.05, 0.1) is 9.50 Å². The lowest BCUT2D eigenvalue weighted by molar-refractivity contribution is 0.304. The second kappa shape index (κ2) is 7.89. The number of nitrogens with two attached hydrogens (primary N) is 1. The average molecular weight is 423 g/mol. The standard InChI is InChI=1S/C18H17BrClN3O2/c1-11-2-4-12(5-3-11)10-24-17-14(19)8-13(9-15(17)20)6-7-16-22-23-18(21)25-16/h2-5,8-9H,6-7,10H2,1H3,(H2,21,23). The first-order valence-corrected chi connectivity index (χ1v) is 8.92. The van der Waals surface area contributed by atoms with Crippen LogP contribution in [-0.4, -0.2) is 10.2 Å². The van der Waals surface area contributed by atoms with E-state index >= 15 is 0 Å². The SMILES string of the molecule is Cc1ccc(COc2c(Cl)cc(CCc3nnc(N)o3)cc2Br)cc1. The van der Waals surface area contributed by atoms with Gasteiger partial charge in [-0.1, -0.05) is 46.5 Å². The van der Waals surface area contributed by atoms with Crippen LogP contribution in [0.5, 0.6) is 5.75 Å². The summed E-state index contributed by atoms with van der Waals surface area (Å²) < 4.78 is 11.9. The topological polar surface area (TPSA) is 74.2 Å². The van der Waals surface area contributed by atoms with Gasteiger partial charge in [0.15, 0.2) is 5.75 Å². The number of benzene rings is 2. The van der Waals surface area contributed by atoms with Gasteiger partial charge in [0.25, 0.3) is 0 Å². The molecule has 2 N–H and O–H groups in total. The number of aryl methyl sites for hydroxylation is 3. The van der Waals surface area contributed by atoms with E-state index < -0.39 is 0 Å². The van der Waals surface area contributed by atoms with Crippen LogP contribution in [0, 0.1) is 6.92 Å². The van der Waals surface area contributed by atoms with Gasteiger partial charge >= 0.3 is 6.01 Å². The zero-order valence-electron chi connectivity index (χ0n) is 13.6. The Morgan fingerprint density at radius 2 is 1.88 bits per heavy atom. The molecule has 7 heteroatoms. The average Bonchev–Trinajstić information content (AvgIpc) is 2.99. The van der Waals surface area contributed by atoms with Crippen molar-refractivity contribution in [3.05, 3.63) is 68.5 Å².